The minimum Gasteiger partial charge on any atom is -0.748 e. The topological polar surface area (TPSA) is 130 Å². The lowest BCUT2D eigenvalue weighted by Crippen LogP contribution is -2.71. The van der Waals surface area contributed by atoms with Gasteiger partial charge in [0.15, 0.2) is 5.69 Å². The van der Waals surface area contributed by atoms with Gasteiger partial charge in [0, 0.05) is 12.7 Å². The number of pyridine rings is 1. The van der Waals surface area contributed by atoms with Gasteiger partial charge >= 0.3 is 0 Å². The smallest absolute Gasteiger partial charge is 0.217 e. The number of hydrogen-bond donors (Lipinski definition) is 2. The van der Waals surface area contributed by atoms with Crippen molar-refractivity contribution in [1.29, 1.82) is 0 Å². The summed E-state index contributed by atoms with van der Waals surface area (Å²) in [6.45, 7) is 0. The lowest BCUT2D eigenvalue weighted by Gasteiger charge is -2.09. The van der Waals surface area contributed by atoms with Crippen LogP contribution in [0.3, 0.4) is 0 Å². The summed E-state index contributed by atoms with van der Waals surface area (Å²) in [5.74, 6) is -0.190. The van der Waals surface area contributed by atoms with Crippen molar-refractivity contribution in [1.82, 2.24) is 4.98 Å². The van der Waals surface area contributed by atoms with E-state index in [4.69, 9.17) is 23.7 Å². The number of fused-ring (bicyclic) bond motifs is 2. The molecule has 7 nitrogen and oxygen atoms in total. The highest BCUT2D eigenvalue weighted by molar-refractivity contribution is 7.84. The molecular formula is C28H33N3O4S. The molecule has 0 aliphatic rings. The summed E-state index contributed by atoms with van der Waals surface area (Å²) in [7, 11) is -3.92. The molecule has 0 spiro atoms. The number of benzene rings is 3. The second-order valence-corrected chi connectivity index (χ2v) is 10.3. The molecule has 0 unspecified atom stereocenters. The maximum absolute atomic E-state index is 10.8. The first-order valence-electron chi connectivity index (χ1n) is 12.1. The number of rotatable bonds is 10. The summed E-state index contributed by atoms with van der Waals surface area (Å²) < 4.78 is 27.2. The molecule has 0 aliphatic heterocycles. The molecule has 0 fully saturated rings. The average molecular weight is 508 g/mol. The fraction of sp³-hybridized carbons (Fsp3) is 0.286. The van der Waals surface area contributed by atoms with E-state index < -0.39 is 10.1 Å². The Hall–Kier alpha value is -3.33. The molecule has 36 heavy (non-hydrogen) atoms. The van der Waals surface area contributed by atoms with Crippen LogP contribution in [0.5, 0.6) is 0 Å². The number of nitrogens with two attached hydrogens (primary N) is 2. The van der Waals surface area contributed by atoms with Crippen molar-refractivity contribution in [2.75, 3.05) is 6.26 Å². The Labute approximate surface area is 212 Å². The van der Waals surface area contributed by atoms with Crippen molar-refractivity contribution in [2.45, 2.75) is 44.9 Å². The number of para-hydroxylation sites is 2. The number of aromatic nitrogens is 1. The SMILES string of the molecule is CS(=O)(=O)[O-].NC(=O)CCCCCCCc1ccc([NH2+]c2c3ccccc3nc3ccccc23)cc1. The first kappa shape index (κ1) is 27.3. The van der Waals surface area contributed by atoms with Crippen LogP contribution in [-0.4, -0.2) is 30.1 Å². The molecule has 190 valence electrons. The maximum atomic E-state index is 10.8. The van der Waals surface area contributed by atoms with Crippen molar-refractivity contribution in [2.24, 2.45) is 5.73 Å². The Balaban J connectivity index is 0.000000658. The monoisotopic (exact) mass is 507 g/mol. The van der Waals surface area contributed by atoms with Crippen LogP contribution in [-0.2, 0) is 21.3 Å². The zero-order valence-electron chi connectivity index (χ0n) is 20.5. The molecule has 0 radical (unpaired) electrons. The number of hydrogen-bond acceptors (Lipinski definition) is 5. The molecule has 4 rings (SSSR count). The van der Waals surface area contributed by atoms with E-state index in [1.54, 1.807) is 0 Å². The van der Waals surface area contributed by atoms with Crippen molar-refractivity contribution in [3.05, 3.63) is 78.4 Å². The van der Waals surface area contributed by atoms with Crippen LogP contribution in [0.2, 0.25) is 0 Å². The van der Waals surface area contributed by atoms with Crippen LogP contribution in [0, 0.1) is 0 Å². The van der Waals surface area contributed by atoms with Crippen LogP contribution >= 0.6 is 0 Å². The minimum absolute atomic E-state index is 0.190. The molecule has 1 amide bonds. The van der Waals surface area contributed by atoms with Gasteiger partial charge in [0.25, 0.3) is 0 Å². The van der Waals surface area contributed by atoms with E-state index in [2.05, 4.69) is 66.0 Å². The number of amides is 1. The second kappa shape index (κ2) is 13.1. The van der Waals surface area contributed by atoms with Gasteiger partial charge in [-0.05, 0) is 61.2 Å². The molecule has 8 heteroatoms. The fourth-order valence-electron chi connectivity index (χ4n) is 4.13. The normalized spacial score (nSPS) is 11.3. The van der Waals surface area contributed by atoms with E-state index in [1.807, 2.05) is 12.1 Å². The maximum Gasteiger partial charge on any atom is 0.217 e. The predicted molar refractivity (Wildman–Crippen MR) is 143 cm³/mol. The van der Waals surface area contributed by atoms with Crippen LogP contribution < -0.4 is 11.1 Å². The molecule has 4 N–H and O–H groups in total. The number of unbranched alkanes of at least 4 members (excludes halogenated alkanes) is 4. The number of quaternary nitrogens is 1. The zero-order chi connectivity index (χ0) is 26.0. The molecule has 4 aromatic rings. The van der Waals surface area contributed by atoms with Crippen molar-refractivity contribution in [3.63, 3.8) is 0 Å². The van der Waals surface area contributed by atoms with Gasteiger partial charge in [0.2, 0.25) is 5.91 Å². The summed E-state index contributed by atoms with van der Waals surface area (Å²) >= 11 is 0. The lowest BCUT2D eigenvalue weighted by molar-refractivity contribution is -0.475. The summed E-state index contributed by atoms with van der Waals surface area (Å²) in [5.41, 5.74) is 11.0. The molecule has 1 heterocycles. The van der Waals surface area contributed by atoms with E-state index in [9.17, 15) is 4.79 Å². The van der Waals surface area contributed by atoms with Crippen molar-refractivity contribution in [3.8, 4) is 0 Å². The quantitative estimate of drug-likeness (QED) is 0.142. The molecule has 0 aliphatic carbocycles. The standard InChI is InChI=1S/C27H29N3O.CH4O3S/c28-26(31)15-5-3-1-2-4-10-20-16-18-21(19-17-20)29-27-22-11-6-8-13-24(22)30-25-14-9-7-12-23(25)27;1-5(2,3)4/h6-9,11-14,16-19H,1-5,10,15H2,(H2,28,31)(H,29,30);1H3,(H,2,3,4). The summed E-state index contributed by atoms with van der Waals surface area (Å²) in [6, 6.07) is 25.6. The largest absolute Gasteiger partial charge is 0.748 e. The van der Waals surface area contributed by atoms with Gasteiger partial charge < -0.3 is 10.3 Å². The predicted octanol–water partition coefficient (Wildman–Crippen LogP) is 4.44. The van der Waals surface area contributed by atoms with Gasteiger partial charge in [-0.15, -0.1) is 0 Å². The molecule has 0 saturated heterocycles. The Kier molecular flexibility index (Phi) is 9.93. The van der Waals surface area contributed by atoms with Gasteiger partial charge in [-0.3, -0.25) is 10.1 Å². The molecule has 3 aromatic carbocycles. The molecular weight excluding hydrogens is 474 g/mol. The molecule has 0 atom stereocenters. The van der Waals surface area contributed by atoms with E-state index in [0.717, 1.165) is 30.3 Å². The third-order valence-electron chi connectivity index (χ3n) is 5.81. The first-order valence-corrected chi connectivity index (χ1v) is 13.9. The van der Waals surface area contributed by atoms with Gasteiger partial charge in [0.1, 0.15) is 5.69 Å². The number of primary amides is 1. The molecule has 0 saturated carbocycles. The lowest BCUT2D eigenvalue weighted by atomic mass is 10.0. The van der Waals surface area contributed by atoms with Gasteiger partial charge in [0.05, 0.1) is 31.9 Å². The summed E-state index contributed by atoms with van der Waals surface area (Å²) in [4.78, 5) is 15.6. The van der Waals surface area contributed by atoms with Crippen molar-refractivity contribution < 1.29 is 23.1 Å². The fourth-order valence-corrected chi connectivity index (χ4v) is 4.13. The van der Waals surface area contributed by atoms with Gasteiger partial charge in [-0.2, -0.15) is 0 Å². The van der Waals surface area contributed by atoms with Crippen LogP contribution in [0.15, 0.2) is 72.8 Å². The number of aryl methyl sites for hydroxylation is 1. The van der Waals surface area contributed by atoms with Crippen LogP contribution in [0.4, 0.5) is 11.4 Å². The number of nitrogens with zero attached hydrogens (tertiary/aromatic N) is 1. The Morgan fingerprint density at radius 1 is 0.833 bits per heavy atom. The summed E-state index contributed by atoms with van der Waals surface area (Å²) in [6.07, 6.45) is 7.76. The number of carbonyl (C=O) groups is 1. The summed E-state index contributed by atoms with van der Waals surface area (Å²) in [5, 5.41) is 4.64. The van der Waals surface area contributed by atoms with Crippen molar-refractivity contribution >= 4 is 49.2 Å². The van der Waals surface area contributed by atoms with Gasteiger partial charge in [-0.25, -0.2) is 13.4 Å². The molecule has 1 aromatic heterocycles. The van der Waals surface area contributed by atoms with E-state index in [-0.39, 0.29) is 5.91 Å². The minimum atomic E-state index is -3.92. The average Bonchev–Trinajstić information content (AvgIpc) is 2.83. The highest BCUT2D eigenvalue weighted by Gasteiger charge is 2.13. The Bertz CT molecular complexity index is 1340. The first-order chi connectivity index (χ1) is 17.2. The molecule has 0 bridgehead atoms. The zero-order valence-corrected chi connectivity index (χ0v) is 21.3. The van der Waals surface area contributed by atoms with Crippen LogP contribution in [0.1, 0.15) is 44.1 Å². The second-order valence-electron chi connectivity index (χ2n) is 8.88. The number of carbonyl (C=O) groups excluding carboxylic acids is 1. The van der Waals surface area contributed by atoms with E-state index in [1.165, 1.54) is 47.0 Å². The highest BCUT2D eigenvalue weighted by Crippen LogP contribution is 2.27. The van der Waals surface area contributed by atoms with E-state index in [0.29, 0.717) is 12.7 Å². The van der Waals surface area contributed by atoms with Gasteiger partial charge in [-0.1, -0.05) is 55.7 Å². The van der Waals surface area contributed by atoms with Crippen LogP contribution in [0.25, 0.3) is 21.8 Å². The third-order valence-corrected chi connectivity index (χ3v) is 5.81. The Morgan fingerprint density at radius 3 is 1.89 bits per heavy atom. The third kappa shape index (κ3) is 9.03. The Morgan fingerprint density at radius 2 is 1.33 bits per heavy atom. The highest BCUT2D eigenvalue weighted by atomic mass is 32.2. The van der Waals surface area contributed by atoms with E-state index >= 15 is 0 Å².